The zero-order chi connectivity index (χ0) is 15.4. The number of rotatable bonds is 5. The minimum absolute atomic E-state index is 0.329. The van der Waals surface area contributed by atoms with E-state index in [1.54, 1.807) is 6.07 Å². The van der Waals surface area contributed by atoms with E-state index in [-0.39, 0.29) is 5.82 Å². The molecule has 0 unspecified atom stereocenters. The number of aromatic nitrogens is 2. The highest BCUT2D eigenvalue weighted by atomic mass is 19.1. The molecule has 2 rings (SSSR count). The minimum atomic E-state index is -0.329. The van der Waals surface area contributed by atoms with Gasteiger partial charge in [0.25, 0.3) is 0 Å². The Morgan fingerprint density at radius 1 is 1.24 bits per heavy atom. The van der Waals surface area contributed by atoms with Gasteiger partial charge in [-0.2, -0.15) is 4.98 Å². The van der Waals surface area contributed by atoms with Gasteiger partial charge in [0.05, 0.1) is 5.56 Å². The fraction of sp³-hybridized carbons (Fsp3) is 0.375. The van der Waals surface area contributed by atoms with Crippen LogP contribution in [0.5, 0.6) is 11.6 Å². The minimum Gasteiger partial charge on any atom is -0.438 e. The second-order valence-electron chi connectivity index (χ2n) is 4.93. The first-order chi connectivity index (χ1) is 10.0. The van der Waals surface area contributed by atoms with Gasteiger partial charge in [0.1, 0.15) is 23.2 Å². The van der Waals surface area contributed by atoms with Gasteiger partial charge in [-0.1, -0.05) is 13.0 Å². The van der Waals surface area contributed by atoms with E-state index in [0.29, 0.717) is 11.6 Å². The summed E-state index contributed by atoms with van der Waals surface area (Å²) in [5.74, 6) is 2.06. The van der Waals surface area contributed by atoms with Crippen molar-refractivity contribution < 1.29 is 9.13 Å². The van der Waals surface area contributed by atoms with Crippen molar-refractivity contribution in [3.63, 3.8) is 0 Å². The van der Waals surface area contributed by atoms with Gasteiger partial charge in [0.2, 0.25) is 5.88 Å². The van der Waals surface area contributed by atoms with Gasteiger partial charge in [-0.05, 0) is 31.9 Å². The van der Waals surface area contributed by atoms with Crippen LogP contribution in [0, 0.1) is 19.7 Å². The molecule has 0 bridgehead atoms. The maximum Gasteiger partial charge on any atom is 0.227 e. The zero-order valence-corrected chi connectivity index (χ0v) is 12.8. The highest BCUT2D eigenvalue weighted by Gasteiger charge is 2.13. The molecule has 0 amide bonds. The highest BCUT2D eigenvalue weighted by Crippen LogP contribution is 2.29. The van der Waals surface area contributed by atoms with Crippen molar-refractivity contribution in [2.45, 2.75) is 33.6 Å². The summed E-state index contributed by atoms with van der Waals surface area (Å²) in [5, 5.41) is 3.04. The number of ether oxygens (including phenoxy) is 1. The predicted octanol–water partition coefficient (Wildman–Crippen LogP) is 4.02. The Morgan fingerprint density at radius 2 is 2.00 bits per heavy atom. The molecule has 0 atom stereocenters. The van der Waals surface area contributed by atoms with E-state index in [1.165, 1.54) is 12.1 Å². The smallest absolute Gasteiger partial charge is 0.227 e. The number of halogens is 1. The first kappa shape index (κ1) is 15.2. The molecule has 0 radical (unpaired) electrons. The molecule has 1 aromatic carbocycles. The second-order valence-corrected chi connectivity index (χ2v) is 4.93. The lowest BCUT2D eigenvalue weighted by Crippen LogP contribution is -2.05. The van der Waals surface area contributed by atoms with Crippen molar-refractivity contribution in [1.82, 2.24) is 9.97 Å². The number of hydrogen-bond acceptors (Lipinski definition) is 4. The molecule has 0 aliphatic carbocycles. The van der Waals surface area contributed by atoms with Crippen LogP contribution in [0.15, 0.2) is 18.2 Å². The average Bonchev–Trinajstić information content (AvgIpc) is 2.46. The Labute approximate surface area is 124 Å². The molecule has 4 nitrogen and oxygen atoms in total. The topological polar surface area (TPSA) is 47.0 Å². The molecule has 1 N–H and O–H groups in total. The van der Waals surface area contributed by atoms with Crippen LogP contribution in [-0.2, 0) is 6.42 Å². The molecule has 0 aliphatic heterocycles. The standard InChI is InChI=1S/C16H20FN3O/c1-5-6-14-19-15(18-4)11(3)16(20-14)21-13-9-12(17)8-7-10(13)2/h7-9H,5-6H2,1-4H3,(H,18,19,20). The van der Waals surface area contributed by atoms with Crippen LogP contribution in [0.2, 0.25) is 0 Å². The van der Waals surface area contributed by atoms with E-state index < -0.39 is 0 Å². The molecular formula is C16H20FN3O. The fourth-order valence-electron chi connectivity index (χ4n) is 2.01. The van der Waals surface area contributed by atoms with E-state index in [9.17, 15) is 4.39 Å². The van der Waals surface area contributed by atoms with Crippen LogP contribution >= 0.6 is 0 Å². The Bertz CT molecular complexity index is 644. The van der Waals surface area contributed by atoms with Crippen LogP contribution in [-0.4, -0.2) is 17.0 Å². The Kier molecular flexibility index (Phi) is 4.73. The molecule has 0 spiro atoms. The number of nitrogens with zero attached hydrogens (tertiary/aromatic N) is 2. The predicted molar refractivity (Wildman–Crippen MR) is 81.5 cm³/mol. The van der Waals surface area contributed by atoms with Crippen molar-refractivity contribution in [1.29, 1.82) is 0 Å². The molecule has 2 aromatic rings. The van der Waals surface area contributed by atoms with Gasteiger partial charge < -0.3 is 10.1 Å². The lowest BCUT2D eigenvalue weighted by molar-refractivity contribution is 0.447. The van der Waals surface area contributed by atoms with Crippen LogP contribution in [0.4, 0.5) is 10.2 Å². The SMILES string of the molecule is CCCc1nc(NC)c(C)c(Oc2cc(F)ccc2C)n1. The van der Waals surface area contributed by atoms with E-state index in [1.807, 2.05) is 20.9 Å². The summed E-state index contributed by atoms with van der Waals surface area (Å²) in [4.78, 5) is 8.89. The van der Waals surface area contributed by atoms with E-state index in [2.05, 4.69) is 22.2 Å². The van der Waals surface area contributed by atoms with Crippen molar-refractivity contribution in [3.05, 3.63) is 41.0 Å². The third-order valence-corrected chi connectivity index (χ3v) is 3.21. The summed E-state index contributed by atoms with van der Waals surface area (Å²) in [5.41, 5.74) is 1.67. The number of hydrogen-bond donors (Lipinski definition) is 1. The molecule has 5 heteroatoms. The van der Waals surface area contributed by atoms with Gasteiger partial charge in [0.15, 0.2) is 0 Å². The third-order valence-electron chi connectivity index (χ3n) is 3.21. The summed E-state index contributed by atoms with van der Waals surface area (Å²) in [6, 6.07) is 4.47. The largest absolute Gasteiger partial charge is 0.438 e. The second kappa shape index (κ2) is 6.52. The van der Waals surface area contributed by atoms with Crippen LogP contribution < -0.4 is 10.1 Å². The molecule has 0 fully saturated rings. The molecule has 1 aromatic heterocycles. The van der Waals surface area contributed by atoms with E-state index >= 15 is 0 Å². The molecular weight excluding hydrogens is 269 g/mol. The highest BCUT2D eigenvalue weighted by molar-refractivity contribution is 5.49. The molecule has 112 valence electrons. The Balaban J connectivity index is 2.42. The lowest BCUT2D eigenvalue weighted by Gasteiger charge is -2.14. The number of anilines is 1. The normalized spacial score (nSPS) is 10.5. The maximum absolute atomic E-state index is 13.4. The van der Waals surface area contributed by atoms with Crippen LogP contribution in [0.3, 0.4) is 0 Å². The van der Waals surface area contributed by atoms with Gasteiger partial charge in [-0.15, -0.1) is 0 Å². The van der Waals surface area contributed by atoms with Crippen molar-refractivity contribution in [3.8, 4) is 11.6 Å². The fourth-order valence-corrected chi connectivity index (χ4v) is 2.01. The van der Waals surface area contributed by atoms with Crippen LogP contribution in [0.25, 0.3) is 0 Å². The third kappa shape index (κ3) is 3.48. The monoisotopic (exact) mass is 289 g/mol. The van der Waals surface area contributed by atoms with Crippen LogP contribution in [0.1, 0.15) is 30.3 Å². The number of aryl methyl sites for hydroxylation is 2. The molecule has 0 saturated heterocycles. The van der Waals surface area contributed by atoms with Gasteiger partial charge in [0, 0.05) is 19.5 Å². The Hall–Kier alpha value is -2.17. The average molecular weight is 289 g/mol. The van der Waals surface area contributed by atoms with Crippen molar-refractivity contribution in [2.24, 2.45) is 0 Å². The molecule has 0 aliphatic rings. The molecule has 1 heterocycles. The van der Waals surface area contributed by atoms with Gasteiger partial charge >= 0.3 is 0 Å². The number of nitrogens with one attached hydrogen (secondary N) is 1. The number of benzene rings is 1. The van der Waals surface area contributed by atoms with Gasteiger partial charge in [-0.25, -0.2) is 9.37 Å². The van der Waals surface area contributed by atoms with Gasteiger partial charge in [-0.3, -0.25) is 0 Å². The summed E-state index contributed by atoms with van der Waals surface area (Å²) >= 11 is 0. The summed E-state index contributed by atoms with van der Waals surface area (Å²) in [6.07, 6.45) is 1.72. The maximum atomic E-state index is 13.4. The summed E-state index contributed by atoms with van der Waals surface area (Å²) in [6.45, 7) is 5.82. The van der Waals surface area contributed by atoms with Crippen molar-refractivity contribution in [2.75, 3.05) is 12.4 Å². The first-order valence-corrected chi connectivity index (χ1v) is 7.04. The summed E-state index contributed by atoms with van der Waals surface area (Å²) in [7, 11) is 1.81. The first-order valence-electron chi connectivity index (χ1n) is 7.04. The zero-order valence-electron chi connectivity index (χ0n) is 12.8. The molecule has 21 heavy (non-hydrogen) atoms. The lowest BCUT2D eigenvalue weighted by atomic mass is 10.2. The quantitative estimate of drug-likeness (QED) is 0.903. The molecule has 0 saturated carbocycles. The Morgan fingerprint density at radius 3 is 2.67 bits per heavy atom. The van der Waals surface area contributed by atoms with E-state index in [0.717, 1.165) is 35.6 Å². The van der Waals surface area contributed by atoms with Crippen molar-refractivity contribution >= 4 is 5.82 Å². The summed E-state index contributed by atoms with van der Waals surface area (Å²) < 4.78 is 19.2. The van der Waals surface area contributed by atoms with E-state index in [4.69, 9.17) is 4.74 Å².